The highest BCUT2D eigenvalue weighted by molar-refractivity contribution is 9.10. The van der Waals surface area contributed by atoms with E-state index in [0.717, 1.165) is 46.1 Å². The Morgan fingerprint density at radius 1 is 1.26 bits per heavy atom. The average molecular weight is 449 g/mol. The number of hydrogen-bond acceptors (Lipinski definition) is 5. The maximum atomic E-state index is 12.9. The lowest BCUT2D eigenvalue weighted by Gasteiger charge is -2.32. The number of aromatic nitrogens is 2. The summed E-state index contributed by atoms with van der Waals surface area (Å²) in [7, 11) is 0. The fraction of sp³-hybridized carbons (Fsp3) is 0.474. The van der Waals surface area contributed by atoms with E-state index in [-0.39, 0.29) is 17.7 Å². The summed E-state index contributed by atoms with van der Waals surface area (Å²) in [5.74, 6) is 0.263. The van der Waals surface area contributed by atoms with Gasteiger partial charge in [-0.25, -0.2) is 0 Å². The Kier molecular flexibility index (Phi) is 5.27. The number of amides is 2. The molecular formula is C19H21BrN4O2S. The Labute approximate surface area is 170 Å². The molecule has 6 nitrogen and oxygen atoms in total. The van der Waals surface area contributed by atoms with Crippen LogP contribution in [0.4, 0.5) is 5.69 Å². The van der Waals surface area contributed by atoms with Gasteiger partial charge in [-0.3, -0.25) is 9.59 Å². The van der Waals surface area contributed by atoms with E-state index in [4.69, 9.17) is 0 Å². The van der Waals surface area contributed by atoms with Crippen LogP contribution in [0.25, 0.3) is 0 Å². The molecule has 0 bridgehead atoms. The summed E-state index contributed by atoms with van der Waals surface area (Å²) in [5, 5.41) is 10.4. The third-order valence-corrected chi connectivity index (χ3v) is 6.79. The molecule has 1 atom stereocenters. The number of carbonyl (C=O) groups excluding carboxylic acids is 2. The summed E-state index contributed by atoms with van der Waals surface area (Å²) < 4.78 is 0.927. The maximum Gasteiger partial charge on any atom is 0.228 e. The van der Waals surface area contributed by atoms with Gasteiger partial charge < -0.3 is 9.80 Å². The van der Waals surface area contributed by atoms with Crippen LogP contribution in [0, 0.1) is 12.8 Å². The van der Waals surface area contributed by atoms with Gasteiger partial charge in [0.15, 0.2) is 0 Å². The minimum Gasteiger partial charge on any atom is -0.342 e. The molecule has 0 aliphatic carbocycles. The van der Waals surface area contributed by atoms with Gasteiger partial charge in [-0.05, 0) is 38.0 Å². The molecule has 2 aliphatic rings. The molecule has 27 heavy (non-hydrogen) atoms. The van der Waals surface area contributed by atoms with Crippen LogP contribution in [0.1, 0.15) is 35.2 Å². The smallest absolute Gasteiger partial charge is 0.228 e. The molecule has 142 valence electrons. The number of rotatable bonds is 3. The molecule has 0 spiro atoms. The van der Waals surface area contributed by atoms with Gasteiger partial charge in [0.05, 0.1) is 5.92 Å². The first-order valence-electron chi connectivity index (χ1n) is 9.16. The van der Waals surface area contributed by atoms with Crippen molar-refractivity contribution >= 4 is 44.8 Å². The fourth-order valence-electron chi connectivity index (χ4n) is 3.85. The van der Waals surface area contributed by atoms with E-state index in [0.29, 0.717) is 18.9 Å². The van der Waals surface area contributed by atoms with Gasteiger partial charge in [0, 0.05) is 42.1 Å². The van der Waals surface area contributed by atoms with E-state index in [1.807, 2.05) is 36.1 Å². The first-order chi connectivity index (χ1) is 13.0. The zero-order valence-corrected chi connectivity index (χ0v) is 17.5. The number of piperidine rings is 1. The molecule has 1 aromatic heterocycles. The van der Waals surface area contributed by atoms with E-state index in [1.165, 1.54) is 0 Å². The summed E-state index contributed by atoms with van der Waals surface area (Å²) in [6, 6.07) is 7.66. The highest BCUT2D eigenvalue weighted by Gasteiger charge is 2.38. The predicted octanol–water partition coefficient (Wildman–Crippen LogP) is 3.37. The van der Waals surface area contributed by atoms with E-state index in [2.05, 4.69) is 26.1 Å². The Bertz CT molecular complexity index is 863. The normalized spacial score (nSPS) is 21.1. The van der Waals surface area contributed by atoms with Crippen molar-refractivity contribution < 1.29 is 9.59 Å². The summed E-state index contributed by atoms with van der Waals surface area (Å²) >= 11 is 5.09. The lowest BCUT2D eigenvalue weighted by molar-refractivity contribution is -0.136. The summed E-state index contributed by atoms with van der Waals surface area (Å²) in [6.45, 7) is 3.88. The number of benzene rings is 1. The summed E-state index contributed by atoms with van der Waals surface area (Å²) in [4.78, 5) is 29.0. The maximum absolute atomic E-state index is 12.9. The highest BCUT2D eigenvalue weighted by atomic mass is 79.9. The quantitative estimate of drug-likeness (QED) is 0.721. The SMILES string of the molecule is Cc1nnc(C2CCN(C(=O)[C@@H]3CC(=O)N(c4cccc(Br)c4)C3)CC2)s1. The zero-order chi connectivity index (χ0) is 19.0. The van der Waals surface area contributed by atoms with E-state index >= 15 is 0 Å². The van der Waals surface area contributed by atoms with Crippen LogP contribution in [0.3, 0.4) is 0 Å². The highest BCUT2D eigenvalue weighted by Crippen LogP contribution is 2.32. The molecule has 8 heteroatoms. The number of halogens is 1. The van der Waals surface area contributed by atoms with E-state index in [1.54, 1.807) is 16.2 Å². The minimum atomic E-state index is -0.253. The summed E-state index contributed by atoms with van der Waals surface area (Å²) in [5.41, 5.74) is 0.843. The van der Waals surface area contributed by atoms with Crippen LogP contribution in [-0.2, 0) is 9.59 Å². The number of hydrogen-bond donors (Lipinski definition) is 0. The van der Waals surface area contributed by atoms with Crippen LogP contribution in [0.5, 0.6) is 0 Å². The van der Waals surface area contributed by atoms with Crippen molar-refractivity contribution in [2.45, 2.75) is 32.1 Å². The third kappa shape index (κ3) is 3.91. The van der Waals surface area contributed by atoms with Crippen LogP contribution in [-0.4, -0.2) is 46.5 Å². The number of aryl methyl sites for hydroxylation is 1. The second kappa shape index (κ2) is 7.67. The second-order valence-electron chi connectivity index (χ2n) is 7.14. The van der Waals surface area contributed by atoms with Crippen molar-refractivity contribution in [3.8, 4) is 0 Å². The molecule has 4 rings (SSSR count). The average Bonchev–Trinajstić information content (AvgIpc) is 3.27. The van der Waals surface area contributed by atoms with Crippen molar-refractivity contribution in [1.82, 2.24) is 15.1 Å². The number of carbonyl (C=O) groups is 2. The molecular weight excluding hydrogens is 428 g/mol. The molecule has 1 aromatic carbocycles. The largest absolute Gasteiger partial charge is 0.342 e. The molecule has 2 aliphatic heterocycles. The van der Waals surface area contributed by atoms with Crippen molar-refractivity contribution in [1.29, 1.82) is 0 Å². The molecule has 2 aromatic rings. The molecule has 2 amide bonds. The van der Waals surface area contributed by atoms with Gasteiger partial charge in [0.2, 0.25) is 11.8 Å². The number of anilines is 1. The fourth-order valence-corrected chi connectivity index (χ4v) is 5.10. The molecule has 0 unspecified atom stereocenters. The lowest BCUT2D eigenvalue weighted by atomic mass is 9.96. The van der Waals surface area contributed by atoms with Crippen molar-refractivity contribution in [3.05, 3.63) is 38.8 Å². The molecule has 0 saturated carbocycles. The van der Waals surface area contributed by atoms with Crippen LogP contribution in [0.15, 0.2) is 28.7 Å². The predicted molar refractivity (Wildman–Crippen MR) is 108 cm³/mol. The van der Waals surface area contributed by atoms with E-state index in [9.17, 15) is 9.59 Å². The lowest BCUT2D eigenvalue weighted by Crippen LogP contribution is -2.42. The third-order valence-electron chi connectivity index (χ3n) is 5.29. The standard InChI is InChI=1S/C19H21BrN4O2S/c1-12-21-22-18(27-12)13-5-7-23(8-6-13)19(26)14-9-17(25)24(11-14)16-4-2-3-15(20)10-16/h2-4,10,13-14H,5-9,11H2,1H3/t14-/m1/s1. The molecule has 0 N–H and O–H groups in total. The minimum absolute atomic E-state index is 0.0191. The second-order valence-corrected chi connectivity index (χ2v) is 9.27. The topological polar surface area (TPSA) is 66.4 Å². The van der Waals surface area contributed by atoms with Crippen molar-refractivity contribution in [2.24, 2.45) is 5.92 Å². The van der Waals surface area contributed by atoms with Gasteiger partial charge in [-0.2, -0.15) is 0 Å². The van der Waals surface area contributed by atoms with Gasteiger partial charge in [0.1, 0.15) is 10.0 Å². The Morgan fingerprint density at radius 3 is 2.70 bits per heavy atom. The first kappa shape index (κ1) is 18.6. The van der Waals surface area contributed by atoms with Crippen molar-refractivity contribution in [3.63, 3.8) is 0 Å². The molecule has 2 saturated heterocycles. The first-order valence-corrected chi connectivity index (χ1v) is 10.8. The Morgan fingerprint density at radius 2 is 2.04 bits per heavy atom. The van der Waals surface area contributed by atoms with Gasteiger partial charge in [-0.1, -0.05) is 22.0 Å². The molecule has 0 radical (unpaired) electrons. The van der Waals surface area contributed by atoms with Crippen molar-refractivity contribution in [2.75, 3.05) is 24.5 Å². The summed E-state index contributed by atoms with van der Waals surface area (Å²) in [6.07, 6.45) is 2.12. The van der Waals surface area contributed by atoms with Crippen LogP contribution >= 0.6 is 27.3 Å². The monoisotopic (exact) mass is 448 g/mol. The number of nitrogens with zero attached hydrogens (tertiary/aromatic N) is 4. The Balaban J connectivity index is 1.37. The Hall–Kier alpha value is -1.80. The zero-order valence-electron chi connectivity index (χ0n) is 15.1. The van der Waals surface area contributed by atoms with Gasteiger partial charge in [0.25, 0.3) is 0 Å². The molecule has 2 fully saturated rings. The van der Waals surface area contributed by atoms with Crippen LogP contribution in [0.2, 0.25) is 0 Å². The van der Waals surface area contributed by atoms with Gasteiger partial charge >= 0.3 is 0 Å². The molecule has 3 heterocycles. The van der Waals surface area contributed by atoms with E-state index < -0.39 is 0 Å². The number of likely N-dealkylation sites (tertiary alicyclic amines) is 1. The van der Waals surface area contributed by atoms with Crippen LogP contribution < -0.4 is 4.90 Å². The van der Waals surface area contributed by atoms with Gasteiger partial charge in [-0.15, -0.1) is 21.5 Å².